The minimum atomic E-state index is -0.702. The molecule has 0 aliphatic carbocycles. The van der Waals surface area contributed by atoms with Gasteiger partial charge in [0.05, 0.1) is 32.3 Å². The highest BCUT2D eigenvalue weighted by molar-refractivity contribution is 7.07. The number of furan rings is 1. The molecule has 42 heavy (non-hydrogen) atoms. The largest absolute Gasteiger partial charge is 0.456 e. The SMILES string of the molecule is CC1=C(C(=O)Nc2ccccc2)C(c2ccc(C)cc2)n2c(s/c(=C\c3ccc(-c4ccccc4[N+](=O)[O-])o3)c2=O)=N1. The third-order valence-corrected chi connectivity index (χ3v) is 7.94. The third-order valence-electron chi connectivity index (χ3n) is 6.96. The molecule has 3 aromatic carbocycles. The summed E-state index contributed by atoms with van der Waals surface area (Å²) in [6, 6.07) is 25.7. The molecule has 1 atom stereocenters. The smallest absolute Gasteiger partial charge is 0.280 e. The van der Waals surface area contributed by atoms with Crippen molar-refractivity contribution in [3.8, 4) is 11.3 Å². The molecule has 1 N–H and O–H groups in total. The van der Waals surface area contributed by atoms with E-state index in [4.69, 9.17) is 4.42 Å². The quantitative estimate of drug-likeness (QED) is 0.216. The highest BCUT2D eigenvalue weighted by Gasteiger charge is 2.32. The van der Waals surface area contributed by atoms with E-state index in [2.05, 4.69) is 10.3 Å². The summed E-state index contributed by atoms with van der Waals surface area (Å²) in [7, 11) is 0. The normalized spacial score (nSPS) is 14.8. The zero-order valence-corrected chi connectivity index (χ0v) is 23.4. The topological polar surface area (TPSA) is 120 Å². The predicted octanol–water partition coefficient (Wildman–Crippen LogP) is 5.35. The van der Waals surface area contributed by atoms with Crippen LogP contribution in [0.5, 0.6) is 0 Å². The number of fused-ring (bicyclic) bond motifs is 1. The maximum atomic E-state index is 13.9. The van der Waals surface area contributed by atoms with Crippen LogP contribution in [-0.2, 0) is 4.79 Å². The molecule has 1 amide bonds. The van der Waals surface area contributed by atoms with E-state index in [1.165, 1.54) is 17.4 Å². The van der Waals surface area contributed by atoms with Gasteiger partial charge in [0, 0.05) is 17.8 Å². The van der Waals surface area contributed by atoms with Gasteiger partial charge in [0.2, 0.25) is 0 Å². The molecule has 0 bridgehead atoms. The van der Waals surface area contributed by atoms with E-state index in [0.717, 1.165) is 11.1 Å². The lowest BCUT2D eigenvalue weighted by Crippen LogP contribution is -2.40. The second-order valence-corrected chi connectivity index (χ2v) is 10.8. The summed E-state index contributed by atoms with van der Waals surface area (Å²) in [5.41, 5.74) is 3.28. The predicted molar refractivity (Wildman–Crippen MR) is 161 cm³/mol. The molecule has 1 unspecified atom stereocenters. The van der Waals surface area contributed by atoms with E-state index in [1.54, 1.807) is 60.0 Å². The standard InChI is InChI=1S/C32H24N4O5S/c1-19-12-14-21(15-13-19)29-28(30(37)34-22-8-4-3-5-9-22)20(2)33-32-35(29)31(38)27(42-32)18-23-16-17-26(41-23)24-10-6-7-11-25(24)36(39)40/h3-18,29H,1-2H3,(H,34,37)/b27-18-. The van der Waals surface area contributed by atoms with Crippen molar-refractivity contribution in [2.75, 3.05) is 5.32 Å². The first-order valence-corrected chi connectivity index (χ1v) is 13.9. The number of carbonyl (C=O) groups is 1. The van der Waals surface area contributed by atoms with Crippen LogP contribution in [0.3, 0.4) is 0 Å². The van der Waals surface area contributed by atoms with Gasteiger partial charge < -0.3 is 9.73 Å². The van der Waals surface area contributed by atoms with Crippen LogP contribution in [0.1, 0.15) is 29.9 Å². The molecule has 5 aromatic rings. The molecule has 0 saturated carbocycles. The summed E-state index contributed by atoms with van der Waals surface area (Å²) < 4.78 is 7.81. The second kappa shape index (κ2) is 10.9. The third kappa shape index (κ3) is 4.99. The lowest BCUT2D eigenvalue weighted by molar-refractivity contribution is -0.384. The number of thiazole rings is 1. The number of rotatable bonds is 6. The molecule has 3 heterocycles. The first kappa shape index (κ1) is 26.9. The molecule has 0 spiro atoms. The van der Waals surface area contributed by atoms with Crippen LogP contribution in [0.15, 0.2) is 116 Å². The average molecular weight is 577 g/mol. The summed E-state index contributed by atoms with van der Waals surface area (Å²) in [6.45, 7) is 3.74. The fraction of sp³-hybridized carbons (Fsp3) is 0.0938. The maximum absolute atomic E-state index is 13.9. The van der Waals surface area contributed by atoms with Crippen LogP contribution in [0.2, 0.25) is 0 Å². The highest BCUT2D eigenvalue weighted by atomic mass is 32.1. The van der Waals surface area contributed by atoms with Crippen molar-refractivity contribution in [2.45, 2.75) is 19.9 Å². The molecule has 0 saturated heterocycles. The number of allylic oxidation sites excluding steroid dienone is 1. The molecular weight excluding hydrogens is 552 g/mol. The number of amides is 1. The molecule has 9 nitrogen and oxygen atoms in total. The van der Waals surface area contributed by atoms with Crippen molar-refractivity contribution in [3.05, 3.63) is 149 Å². The van der Waals surface area contributed by atoms with Crippen molar-refractivity contribution in [1.29, 1.82) is 0 Å². The van der Waals surface area contributed by atoms with E-state index in [1.807, 2.05) is 49.4 Å². The Hall–Kier alpha value is -5.35. The number of hydrogen-bond donors (Lipinski definition) is 1. The summed E-state index contributed by atoms with van der Waals surface area (Å²) in [6.07, 6.45) is 1.59. The average Bonchev–Trinajstić information content (AvgIpc) is 3.57. The van der Waals surface area contributed by atoms with Gasteiger partial charge in [-0.05, 0) is 49.7 Å². The fourth-order valence-electron chi connectivity index (χ4n) is 4.94. The Balaban J connectivity index is 1.45. The Kier molecular flexibility index (Phi) is 6.97. The molecule has 10 heteroatoms. The Morgan fingerprint density at radius 3 is 2.45 bits per heavy atom. The molecule has 2 aromatic heterocycles. The first-order valence-electron chi connectivity index (χ1n) is 13.1. The molecular formula is C32H24N4O5S. The summed E-state index contributed by atoms with van der Waals surface area (Å²) >= 11 is 1.19. The van der Waals surface area contributed by atoms with Gasteiger partial charge in [-0.15, -0.1) is 0 Å². The van der Waals surface area contributed by atoms with E-state index < -0.39 is 11.0 Å². The molecule has 0 radical (unpaired) electrons. The number of nitrogens with zero attached hydrogens (tertiary/aromatic N) is 3. The van der Waals surface area contributed by atoms with E-state index in [-0.39, 0.29) is 17.2 Å². The van der Waals surface area contributed by atoms with Crippen LogP contribution in [0.4, 0.5) is 11.4 Å². The Morgan fingerprint density at radius 2 is 1.71 bits per heavy atom. The summed E-state index contributed by atoms with van der Waals surface area (Å²) in [5, 5.41) is 14.4. The van der Waals surface area contributed by atoms with Gasteiger partial charge in [0.1, 0.15) is 11.5 Å². The van der Waals surface area contributed by atoms with Gasteiger partial charge in [-0.3, -0.25) is 24.3 Å². The second-order valence-electron chi connectivity index (χ2n) is 9.79. The monoisotopic (exact) mass is 576 g/mol. The Morgan fingerprint density at radius 1 is 1.00 bits per heavy atom. The summed E-state index contributed by atoms with van der Waals surface area (Å²) in [5.74, 6) is 0.329. The number of hydrogen-bond acceptors (Lipinski definition) is 7. The minimum absolute atomic E-state index is 0.0762. The Bertz CT molecular complexity index is 2050. The maximum Gasteiger partial charge on any atom is 0.280 e. The van der Waals surface area contributed by atoms with E-state index in [0.29, 0.717) is 43.4 Å². The van der Waals surface area contributed by atoms with Gasteiger partial charge in [0.25, 0.3) is 17.2 Å². The number of aromatic nitrogens is 1. The van der Waals surface area contributed by atoms with Gasteiger partial charge in [0.15, 0.2) is 4.80 Å². The van der Waals surface area contributed by atoms with Gasteiger partial charge in [-0.25, -0.2) is 4.99 Å². The van der Waals surface area contributed by atoms with Crippen LogP contribution in [0.25, 0.3) is 17.4 Å². The molecule has 6 rings (SSSR count). The lowest BCUT2D eigenvalue weighted by atomic mass is 9.94. The van der Waals surface area contributed by atoms with Crippen molar-refractivity contribution >= 4 is 34.7 Å². The number of nitrogens with one attached hydrogen (secondary N) is 1. The van der Waals surface area contributed by atoms with Crippen molar-refractivity contribution in [3.63, 3.8) is 0 Å². The van der Waals surface area contributed by atoms with E-state index in [9.17, 15) is 19.7 Å². The number of nitro groups is 1. The van der Waals surface area contributed by atoms with Crippen LogP contribution in [-0.4, -0.2) is 15.4 Å². The minimum Gasteiger partial charge on any atom is -0.456 e. The fourth-order valence-corrected chi connectivity index (χ4v) is 5.97. The Labute approximate surface area is 243 Å². The number of carbonyl (C=O) groups excluding carboxylic acids is 1. The van der Waals surface area contributed by atoms with Crippen LogP contribution >= 0.6 is 11.3 Å². The summed E-state index contributed by atoms with van der Waals surface area (Å²) in [4.78, 5) is 43.7. The number of nitro benzene ring substituents is 1. The molecule has 1 aliphatic heterocycles. The molecule has 0 fully saturated rings. The first-order chi connectivity index (χ1) is 20.3. The number of anilines is 1. The zero-order chi connectivity index (χ0) is 29.4. The highest BCUT2D eigenvalue weighted by Crippen LogP contribution is 2.32. The van der Waals surface area contributed by atoms with Gasteiger partial charge in [-0.2, -0.15) is 0 Å². The zero-order valence-electron chi connectivity index (χ0n) is 22.6. The number of benzene rings is 3. The van der Waals surface area contributed by atoms with Crippen LogP contribution < -0.4 is 20.2 Å². The molecule has 1 aliphatic rings. The lowest BCUT2D eigenvalue weighted by Gasteiger charge is -2.25. The van der Waals surface area contributed by atoms with Gasteiger partial charge in [-0.1, -0.05) is 71.5 Å². The number of aryl methyl sites for hydroxylation is 1. The van der Waals surface area contributed by atoms with E-state index >= 15 is 0 Å². The van der Waals surface area contributed by atoms with Crippen molar-refractivity contribution in [2.24, 2.45) is 4.99 Å². The van der Waals surface area contributed by atoms with Crippen LogP contribution in [0, 0.1) is 17.0 Å². The molecule has 208 valence electrons. The van der Waals surface area contributed by atoms with Crippen molar-refractivity contribution in [1.82, 2.24) is 4.57 Å². The number of para-hydroxylation sites is 2. The van der Waals surface area contributed by atoms with Crippen molar-refractivity contribution < 1.29 is 14.1 Å². The van der Waals surface area contributed by atoms with Gasteiger partial charge >= 0.3 is 0 Å².